The quantitative estimate of drug-likeness (QED) is 0.720. The van der Waals surface area contributed by atoms with Gasteiger partial charge in [-0.3, -0.25) is 0 Å². The molecule has 24 heavy (non-hydrogen) atoms. The molecule has 5 heteroatoms. The van der Waals surface area contributed by atoms with E-state index in [0.29, 0.717) is 31.1 Å². The second-order valence-corrected chi connectivity index (χ2v) is 5.39. The number of hydrogen-bond donors (Lipinski definition) is 2. The van der Waals surface area contributed by atoms with Gasteiger partial charge in [-0.1, -0.05) is 36.4 Å². The molecule has 0 saturated heterocycles. The average molecular weight is 352 g/mol. The average Bonchev–Trinajstić information content (AvgIpc) is 2.59. The second-order valence-electron chi connectivity index (χ2n) is 5.39. The van der Waals surface area contributed by atoms with Crippen molar-refractivity contribution >= 4 is 12.4 Å². The number of aliphatic hydroxyl groups excluding tert-OH is 1. The number of rotatable bonds is 9. The van der Waals surface area contributed by atoms with E-state index < -0.39 is 0 Å². The molecular weight excluding hydrogens is 326 g/mol. The van der Waals surface area contributed by atoms with E-state index in [4.69, 9.17) is 20.3 Å². The molecule has 132 valence electrons. The molecule has 2 aromatic rings. The van der Waals surface area contributed by atoms with E-state index in [-0.39, 0.29) is 25.1 Å². The first kappa shape index (κ1) is 20.3. The van der Waals surface area contributed by atoms with Crippen LogP contribution in [0.15, 0.2) is 48.5 Å². The minimum atomic E-state index is -0.107. The number of benzene rings is 2. The fourth-order valence-electron chi connectivity index (χ4n) is 2.36. The first-order chi connectivity index (χ1) is 11.2. The summed E-state index contributed by atoms with van der Waals surface area (Å²) in [5.41, 5.74) is 8.26. The van der Waals surface area contributed by atoms with Crippen LogP contribution in [-0.4, -0.2) is 18.3 Å². The summed E-state index contributed by atoms with van der Waals surface area (Å²) in [6.45, 7) is 3.16. The molecule has 0 aliphatic carbocycles. The Balaban J connectivity index is 0.00000288. The van der Waals surface area contributed by atoms with Gasteiger partial charge in [-0.2, -0.15) is 0 Å². The molecule has 4 nitrogen and oxygen atoms in total. The highest BCUT2D eigenvalue weighted by atomic mass is 35.5. The molecule has 3 N–H and O–H groups in total. The lowest BCUT2D eigenvalue weighted by atomic mass is 10.0. The SMILES string of the molecule is CCOc1cc([C@H](N)CCCO)ccc1OCc1ccccc1.Cl. The monoisotopic (exact) mass is 351 g/mol. The van der Waals surface area contributed by atoms with Gasteiger partial charge in [-0.15, -0.1) is 12.4 Å². The zero-order valence-electron chi connectivity index (χ0n) is 14.0. The first-order valence-electron chi connectivity index (χ1n) is 8.04. The lowest BCUT2D eigenvalue weighted by molar-refractivity contribution is 0.268. The summed E-state index contributed by atoms with van der Waals surface area (Å²) in [5, 5.41) is 8.92. The van der Waals surface area contributed by atoms with E-state index in [2.05, 4.69) is 0 Å². The van der Waals surface area contributed by atoms with Gasteiger partial charge in [-0.25, -0.2) is 0 Å². The number of ether oxygens (including phenoxy) is 2. The topological polar surface area (TPSA) is 64.7 Å². The normalized spacial score (nSPS) is 11.5. The van der Waals surface area contributed by atoms with Crippen molar-refractivity contribution in [2.24, 2.45) is 5.73 Å². The van der Waals surface area contributed by atoms with Crippen molar-refractivity contribution in [3.63, 3.8) is 0 Å². The summed E-state index contributed by atoms with van der Waals surface area (Å²) in [6, 6.07) is 15.7. The van der Waals surface area contributed by atoms with Crippen molar-refractivity contribution in [1.29, 1.82) is 0 Å². The Morgan fingerprint density at radius 2 is 1.79 bits per heavy atom. The molecule has 1 atom stereocenters. The van der Waals surface area contributed by atoms with Gasteiger partial charge in [0, 0.05) is 12.6 Å². The van der Waals surface area contributed by atoms with E-state index in [1.54, 1.807) is 0 Å². The largest absolute Gasteiger partial charge is 0.490 e. The molecule has 0 aromatic heterocycles. The third kappa shape index (κ3) is 6.04. The van der Waals surface area contributed by atoms with Gasteiger partial charge in [0.1, 0.15) is 6.61 Å². The van der Waals surface area contributed by atoms with E-state index in [0.717, 1.165) is 17.5 Å². The molecule has 0 heterocycles. The van der Waals surface area contributed by atoms with Crippen LogP contribution >= 0.6 is 12.4 Å². The van der Waals surface area contributed by atoms with Crippen LogP contribution < -0.4 is 15.2 Å². The maximum Gasteiger partial charge on any atom is 0.161 e. The van der Waals surface area contributed by atoms with Crippen LogP contribution in [0.1, 0.15) is 36.9 Å². The molecule has 2 rings (SSSR count). The Hall–Kier alpha value is -1.75. The van der Waals surface area contributed by atoms with Crippen LogP contribution in [-0.2, 0) is 6.61 Å². The van der Waals surface area contributed by atoms with Gasteiger partial charge in [0.25, 0.3) is 0 Å². The highest BCUT2D eigenvalue weighted by Crippen LogP contribution is 2.31. The number of aliphatic hydroxyl groups is 1. The summed E-state index contributed by atoms with van der Waals surface area (Å²) in [4.78, 5) is 0. The van der Waals surface area contributed by atoms with Crippen LogP contribution in [0, 0.1) is 0 Å². The van der Waals surface area contributed by atoms with Crippen LogP contribution in [0.4, 0.5) is 0 Å². The van der Waals surface area contributed by atoms with E-state index in [1.807, 2.05) is 55.5 Å². The van der Waals surface area contributed by atoms with Crippen LogP contribution in [0.3, 0.4) is 0 Å². The number of nitrogens with two attached hydrogens (primary N) is 1. The number of halogens is 1. The lowest BCUT2D eigenvalue weighted by Crippen LogP contribution is -2.11. The van der Waals surface area contributed by atoms with Crippen molar-refractivity contribution in [1.82, 2.24) is 0 Å². The van der Waals surface area contributed by atoms with Crippen LogP contribution in [0.2, 0.25) is 0 Å². The van der Waals surface area contributed by atoms with E-state index in [1.165, 1.54) is 0 Å². The molecule has 0 radical (unpaired) electrons. The molecule has 0 aliphatic rings. The zero-order valence-corrected chi connectivity index (χ0v) is 14.8. The molecule has 2 aromatic carbocycles. The predicted molar refractivity (Wildman–Crippen MR) is 98.9 cm³/mol. The third-order valence-electron chi connectivity index (χ3n) is 3.61. The Bertz CT molecular complexity index is 592. The fourth-order valence-corrected chi connectivity index (χ4v) is 2.36. The van der Waals surface area contributed by atoms with Crippen molar-refractivity contribution in [2.45, 2.75) is 32.4 Å². The summed E-state index contributed by atoms with van der Waals surface area (Å²) in [5.74, 6) is 1.43. The first-order valence-corrected chi connectivity index (χ1v) is 8.04. The minimum absolute atomic E-state index is 0. The van der Waals surface area contributed by atoms with E-state index in [9.17, 15) is 0 Å². The van der Waals surface area contributed by atoms with Gasteiger partial charge in [0.05, 0.1) is 6.61 Å². The highest BCUT2D eigenvalue weighted by Gasteiger charge is 2.11. The Morgan fingerprint density at radius 1 is 1.04 bits per heavy atom. The summed E-state index contributed by atoms with van der Waals surface area (Å²) in [7, 11) is 0. The molecule has 0 saturated carbocycles. The maximum atomic E-state index is 8.92. The standard InChI is InChI=1S/C19H25NO3.ClH/c1-2-22-19-13-16(17(20)9-6-12-21)10-11-18(19)23-14-15-7-4-3-5-8-15;/h3-5,7-8,10-11,13,17,21H,2,6,9,12,14,20H2,1H3;1H/t17-;/m1./s1. The second kappa shape index (κ2) is 10.9. The number of hydrogen-bond acceptors (Lipinski definition) is 4. The van der Waals surface area contributed by atoms with Gasteiger partial charge < -0.3 is 20.3 Å². The Morgan fingerprint density at radius 3 is 2.46 bits per heavy atom. The summed E-state index contributed by atoms with van der Waals surface area (Å²) >= 11 is 0. The highest BCUT2D eigenvalue weighted by molar-refractivity contribution is 5.85. The molecule has 0 amide bonds. The molecule has 0 spiro atoms. The van der Waals surface area contributed by atoms with Gasteiger partial charge in [-0.05, 0) is 43.0 Å². The van der Waals surface area contributed by atoms with Crippen molar-refractivity contribution in [3.8, 4) is 11.5 Å². The summed E-state index contributed by atoms with van der Waals surface area (Å²) < 4.78 is 11.6. The van der Waals surface area contributed by atoms with Crippen LogP contribution in [0.25, 0.3) is 0 Å². The molecule has 0 fully saturated rings. The van der Waals surface area contributed by atoms with E-state index >= 15 is 0 Å². The summed E-state index contributed by atoms with van der Waals surface area (Å²) in [6.07, 6.45) is 1.43. The molecule has 0 unspecified atom stereocenters. The van der Waals surface area contributed by atoms with Gasteiger partial charge in [0.2, 0.25) is 0 Å². The van der Waals surface area contributed by atoms with Gasteiger partial charge >= 0.3 is 0 Å². The lowest BCUT2D eigenvalue weighted by Gasteiger charge is -2.16. The molecule has 0 bridgehead atoms. The Labute approximate surface area is 150 Å². The fraction of sp³-hybridized carbons (Fsp3) is 0.368. The minimum Gasteiger partial charge on any atom is -0.490 e. The zero-order chi connectivity index (χ0) is 16.5. The smallest absolute Gasteiger partial charge is 0.161 e. The maximum absolute atomic E-state index is 8.92. The predicted octanol–water partition coefficient (Wildman–Crippen LogP) is 3.86. The van der Waals surface area contributed by atoms with Crippen molar-refractivity contribution in [2.75, 3.05) is 13.2 Å². The van der Waals surface area contributed by atoms with Gasteiger partial charge in [0.15, 0.2) is 11.5 Å². The molecular formula is C19H26ClNO3. The van der Waals surface area contributed by atoms with Crippen molar-refractivity contribution in [3.05, 3.63) is 59.7 Å². The Kier molecular flexibility index (Phi) is 9.23. The van der Waals surface area contributed by atoms with Crippen molar-refractivity contribution < 1.29 is 14.6 Å². The third-order valence-corrected chi connectivity index (χ3v) is 3.61. The van der Waals surface area contributed by atoms with Crippen LogP contribution in [0.5, 0.6) is 11.5 Å². The molecule has 0 aliphatic heterocycles.